The van der Waals surface area contributed by atoms with Gasteiger partial charge < -0.3 is 15.2 Å². The topological polar surface area (TPSA) is 75.6 Å². The number of hydrogen-bond acceptors (Lipinski definition) is 3. The minimum absolute atomic E-state index is 0.0964. The molecule has 4 aliphatic carbocycles. The second-order valence-corrected chi connectivity index (χ2v) is 11.9. The summed E-state index contributed by atoms with van der Waals surface area (Å²) in [6.45, 7) is 4.89. The van der Waals surface area contributed by atoms with Gasteiger partial charge in [0.25, 0.3) is 5.91 Å². The number of hydrogen-bond donors (Lipinski definition) is 2. The summed E-state index contributed by atoms with van der Waals surface area (Å²) in [5.74, 6) is 2.15. The molecule has 4 saturated carbocycles. The molecule has 0 radical (unpaired) electrons. The molecule has 2 aromatic carbocycles. The van der Waals surface area contributed by atoms with Crippen molar-refractivity contribution < 1.29 is 19.4 Å². The summed E-state index contributed by atoms with van der Waals surface area (Å²) in [6.07, 6.45) is 10.2. The van der Waals surface area contributed by atoms with Crippen LogP contribution in [-0.4, -0.2) is 23.6 Å². The van der Waals surface area contributed by atoms with Gasteiger partial charge in [0.15, 0.2) is 0 Å². The lowest BCUT2D eigenvalue weighted by molar-refractivity contribution is -0.141. The van der Waals surface area contributed by atoms with Crippen LogP contribution in [0.4, 0.5) is 0 Å². The maximum Gasteiger partial charge on any atom is 0.306 e. The van der Waals surface area contributed by atoms with E-state index in [0.717, 1.165) is 41.1 Å². The number of benzene rings is 2. The summed E-state index contributed by atoms with van der Waals surface area (Å²) in [7, 11) is 0. The van der Waals surface area contributed by atoms with Gasteiger partial charge in [-0.2, -0.15) is 0 Å². The van der Waals surface area contributed by atoms with Crippen LogP contribution in [0.1, 0.15) is 92.3 Å². The van der Waals surface area contributed by atoms with E-state index in [-0.39, 0.29) is 5.91 Å². The third-order valence-electron chi connectivity index (χ3n) is 9.15. The zero-order valence-electron chi connectivity index (χ0n) is 22.3. The molecule has 198 valence electrons. The average molecular weight is 504 g/mol. The molecule has 1 atom stereocenters. The van der Waals surface area contributed by atoms with E-state index < -0.39 is 11.9 Å². The number of rotatable bonds is 11. The number of carbonyl (C=O) groups excluding carboxylic acids is 1. The van der Waals surface area contributed by atoms with Gasteiger partial charge in [-0.15, -0.1) is 0 Å². The largest absolute Gasteiger partial charge is 0.493 e. The average Bonchev–Trinajstić information content (AvgIpc) is 2.88. The molecular weight excluding hydrogens is 462 g/mol. The highest BCUT2D eigenvalue weighted by Crippen LogP contribution is 2.60. The number of carbonyl (C=O) groups is 2. The Morgan fingerprint density at radius 3 is 2.22 bits per heavy atom. The van der Waals surface area contributed by atoms with E-state index in [1.807, 2.05) is 37.3 Å². The Labute approximate surface area is 221 Å². The Morgan fingerprint density at radius 1 is 1.00 bits per heavy atom. The molecule has 0 aromatic heterocycles. The van der Waals surface area contributed by atoms with Crippen molar-refractivity contribution in [1.29, 1.82) is 0 Å². The van der Waals surface area contributed by atoms with E-state index in [1.54, 1.807) is 0 Å². The maximum atomic E-state index is 13.1. The van der Waals surface area contributed by atoms with E-state index in [4.69, 9.17) is 4.74 Å². The first-order valence-corrected chi connectivity index (χ1v) is 14.2. The Bertz CT molecular complexity index is 1090. The summed E-state index contributed by atoms with van der Waals surface area (Å²) in [4.78, 5) is 24.6. The molecule has 0 heterocycles. The third-order valence-corrected chi connectivity index (χ3v) is 9.15. The molecule has 0 spiro atoms. The lowest BCUT2D eigenvalue weighted by Gasteiger charge is -2.57. The molecule has 1 unspecified atom stereocenters. The van der Waals surface area contributed by atoms with Gasteiger partial charge in [0, 0.05) is 17.7 Å². The molecular formula is C32H41NO4. The van der Waals surface area contributed by atoms with Crippen LogP contribution in [0.5, 0.6) is 5.75 Å². The molecule has 5 nitrogen and oxygen atoms in total. The lowest BCUT2D eigenvalue weighted by atomic mass is 9.48. The number of aliphatic carboxylic acids is 1. The van der Waals surface area contributed by atoms with Crippen LogP contribution in [0.3, 0.4) is 0 Å². The fourth-order valence-electron chi connectivity index (χ4n) is 7.66. The Hall–Kier alpha value is -2.82. The highest BCUT2D eigenvalue weighted by Gasteiger charge is 2.51. The van der Waals surface area contributed by atoms with E-state index in [2.05, 4.69) is 24.4 Å². The molecule has 5 heteroatoms. The predicted octanol–water partition coefficient (Wildman–Crippen LogP) is 6.53. The minimum Gasteiger partial charge on any atom is -0.493 e. The van der Waals surface area contributed by atoms with E-state index >= 15 is 0 Å². The molecule has 0 saturated heterocycles. The van der Waals surface area contributed by atoms with Crippen molar-refractivity contribution in [3.8, 4) is 5.75 Å². The second kappa shape index (κ2) is 10.9. The van der Waals surface area contributed by atoms with Crippen LogP contribution in [0.2, 0.25) is 0 Å². The monoisotopic (exact) mass is 503 g/mol. The van der Waals surface area contributed by atoms with Gasteiger partial charge in [0.1, 0.15) is 5.75 Å². The Balaban J connectivity index is 1.26. The van der Waals surface area contributed by atoms with Gasteiger partial charge in [0.05, 0.1) is 12.5 Å². The van der Waals surface area contributed by atoms with Gasteiger partial charge in [-0.05, 0) is 110 Å². The molecule has 4 aliphatic rings. The third kappa shape index (κ3) is 5.56. The molecule has 0 aliphatic heterocycles. The Morgan fingerprint density at radius 2 is 1.65 bits per heavy atom. The van der Waals surface area contributed by atoms with Crippen LogP contribution < -0.4 is 10.1 Å². The lowest BCUT2D eigenvalue weighted by Crippen LogP contribution is -2.48. The van der Waals surface area contributed by atoms with Crippen molar-refractivity contribution in [1.82, 2.24) is 5.32 Å². The van der Waals surface area contributed by atoms with Crippen molar-refractivity contribution in [2.45, 2.75) is 83.6 Å². The van der Waals surface area contributed by atoms with Crippen LogP contribution in [0, 0.1) is 23.7 Å². The number of carboxylic acid groups (broad SMARTS) is 1. The van der Waals surface area contributed by atoms with Gasteiger partial charge in [0.2, 0.25) is 0 Å². The number of ether oxygens (including phenoxy) is 1. The van der Waals surface area contributed by atoms with Crippen LogP contribution >= 0.6 is 0 Å². The number of nitrogens with one attached hydrogen (secondary N) is 1. The summed E-state index contributed by atoms with van der Waals surface area (Å²) < 4.78 is 5.92. The van der Waals surface area contributed by atoms with Crippen molar-refractivity contribution in [2.75, 3.05) is 6.61 Å². The highest BCUT2D eigenvalue weighted by atomic mass is 16.5. The first kappa shape index (κ1) is 25.8. The first-order chi connectivity index (χ1) is 17.9. The van der Waals surface area contributed by atoms with Gasteiger partial charge in [-0.3, -0.25) is 9.59 Å². The van der Waals surface area contributed by atoms with Crippen molar-refractivity contribution in [3.05, 3.63) is 64.7 Å². The van der Waals surface area contributed by atoms with Crippen molar-refractivity contribution in [3.63, 3.8) is 0 Å². The fraction of sp³-hybridized carbons (Fsp3) is 0.562. The molecule has 2 aromatic rings. The molecule has 4 bridgehead atoms. The Kier molecular flexibility index (Phi) is 7.60. The van der Waals surface area contributed by atoms with E-state index in [1.165, 1.54) is 44.1 Å². The SMILES string of the molecule is CCCOc1ccc(CC(CC)C(=O)O)cc1CNC(=O)c1ccc(C23CC4CC(CC(C4)C2)C3)cc1. The predicted molar refractivity (Wildman–Crippen MR) is 145 cm³/mol. The maximum absolute atomic E-state index is 13.1. The van der Waals surface area contributed by atoms with E-state index in [9.17, 15) is 14.7 Å². The molecule has 4 fully saturated rings. The van der Waals surface area contributed by atoms with Crippen LogP contribution in [-0.2, 0) is 23.2 Å². The smallest absolute Gasteiger partial charge is 0.306 e. The highest BCUT2D eigenvalue weighted by molar-refractivity contribution is 5.94. The summed E-state index contributed by atoms with van der Waals surface area (Å²) in [5.41, 5.74) is 4.27. The molecule has 6 rings (SSSR count). The van der Waals surface area contributed by atoms with Crippen LogP contribution in [0.25, 0.3) is 0 Å². The number of amides is 1. The fourth-order valence-corrected chi connectivity index (χ4v) is 7.66. The number of carboxylic acids is 1. The summed E-state index contributed by atoms with van der Waals surface area (Å²) in [5, 5.41) is 12.5. The zero-order chi connectivity index (χ0) is 26.0. The zero-order valence-corrected chi connectivity index (χ0v) is 22.3. The van der Waals surface area contributed by atoms with E-state index in [0.29, 0.717) is 37.0 Å². The molecule has 1 amide bonds. The quantitative estimate of drug-likeness (QED) is 0.366. The summed E-state index contributed by atoms with van der Waals surface area (Å²) >= 11 is 0. The minimum atomic E-state index is -0.777. The standard InChI is InChI=1S/C32H41NO4/c1-3-11-37-29-10-5-21(15-25(4-2)31(35)36)16-27(29)20-33-30(34)26-6-8-28(9-7-26)32-17-22-12-23(18-32)14-24(13-22)19-32/h5-10,16,22-25H,3-4,11-15,17-20H2,1-2H3,(H,33,34)(H,35,36). The van der Waals surface area contributed by atoms with Crippen LogP contribution in [0.15, 0.2) is 42.5 Å². The van der Waals surface area contributed by atoms with Gasteiger partial charge >= 0.3 is 5.97 Å². The molecule has 2 N–H and O–H groups in total. The normalized spacial score (nSPS) is 26.6. The second-order valence-electron chi connectivity index (χ2n) is 11.9. The van der Waals surface area contributed by atoms with Crippen molar-refractivity contribution >= 4 is 11.9 Å². The van der Waals surface area contributed by atoms with Crippen molar-refractivity contribution in [2.24, 2.45) is 23.7 Å². The van der Waals surface area contributed by atoms with Gasteiger partial charge in [-0.25, -0.2) is 0 Å². The van der Waals surface area contributed by atoms with Gasteiger partial charge in [-0.1, -0.05) is 38.1 Å². The first-order valence-electron chi connectivity index (χ1n) is 14.2. The molecule has 37 heavy (non-hydrogen) atoms. The summed E-state index contributed by atoms with van der Waals surface area (Å²) in [6, 6.07) is 14.2.